The van der Waals surface area contributed by atoms with Gasteiger partial charge in [0, 0.05) is 6.42 Å². The number of carbonyl (C=O) groups is 1. The lowest BCUT2D eigenvalue weighted by Gasteiger charge is -2.09. The van der Waals surface area contributed by atoms with Gasteiger partial charge in [0.05, 0.1) is 13.2 Å². The Bertz CT molecular complexity index is 596. The van der Waals surface area contributed by atoms with Crippen molar-refractivity contribution >= 4 is 5.91 Å². The average Bonchev–Trinajstić information content (AvgIpc) is 2.64. The summed E-state index contributed by atoms with van der Waals surface area (Å²) in [6.07, 6.45) is 2.17. The summed E-state index contributed by atoms with van der Waals surface area (Å²) in [4.78, 5) is 11.7. The van der Waals surface area contributed by atoms with E-state index in [4.69, 9.17) is 9.47 Å². The quantitative estimate of drug-likeness (QED) is 0.678. The molecule has 24 heavy (non-hydrogen) atoms. The third-order valence-electron chi connectivity index (χ3n) is 3.58. The van der Waals surface area contributed by atoms with Gasteiger partial charge in [0.15, 0.2) is 0 Å². The number of hydrogen-bond acceptors (Lipinski definition) is 3. The first kappa shape index (κ1) is 17.9. The van der Waals surface area contributed by atoms with Gasteiger partial charge in [-0.2, -0.15) is 0 Å². The first-order valence-electron chi connectivity index (χ1n) is 8.44. The Labute approximate surface area is 143 Å². The monoisotopic (exact) mass is 327 g/mol. The molecular weight excluding hydrogens is 302 g/mol. The zero-order chi connectivity index (χ0) is 17.0. The Kier molecular flexibility index (Phi) is 7.68. The summed E-state index contributed by atoms with van der Waals surface area (Å²) in [7, 11) is 0. The summed E-state index contributed by atoms with van der Waals surface area (Å²) < 4.78 is 11.2. The van der Waals surface area contributed by atoms with Gasteiger partial charge in [-0.25, -0.2) is 0 Å². The van der Waals surface area contributed by atoms with Crippen molar-refractivity contribution in [3.63, 3.8) is 0 Å². The lowest BCUT2D eigenvalue weighted by molar-refractivity contribution is -0.121. The average molecular weight is 327 g/mol. The number of aryl methyl sites for hydroxylation is 1. The van der Waals surface area contributed by atoms with E-state index in [1.807, 2.05) is 42.5 Å². The highest BCUT2D eigenvalue weighted by molar-refractivity contribution is 5.75. The van der Waals surface area contributed by atoms with Crippen molar-refractivity contribution in [2.24, 2.45) is 0 Å². The van der Waals surface area contributed by atoms with E-state index < -0.39 is 0 Å². The lowest BCUT2D eigenvalue weighted by atomic mass is 10.2. The normalized spacial score (nSPS) is 10.2. The minimum atomic E-state index is 0.0246. The predicted molar refractivity (Wildman–Crippen MR) is 95.5 cm³/mol. The Morgan fingerprint density at radius 3 is 2.29 bits per heavy atom. The van der Waals surface area contributed by atoms with Crippen LogP contribution in [0.2, 0.25) is 0 Å². The molecule has 1 amide bonds. The van der Waals surface area contributed by atoms with Crippen LogP contribution in [-0.4, -0.2) is 25.7 Å². The van der Waals surface area contributed by atoms with Crippen LogP contribution in [0.4, 0.5) is 0 Å². The molecule has 0 aromatic heterocycles. The SMILES string of the molecule is CCc1ccc(OCCNC(=O)CCCOc2ccccc2)cc1. The molecule has 2 aromatic carbocycles. The molecular formula is C20H25NO3. The molecule has 0 atom stereocenters. The molecule has 0 bridgehead atoms. The molecule has 0 aliphatic heterocycles. The Morgan fingerprint density at radius 2 is 1.58 bits per heavy atom. The number of carbonyl (C=O) groups excluding carboxylic acids is 1. The molecule has 2 rings (SSSR count). The minimum Gasteiger partial charge on any atom is -0.494 e. The number of rotatable bonds is 10. The smallest absolute Gasteiger partial charge is 0.220 e. The van der Waals surface area contributed by atoms with E-state index in [1.54, 1.807) is 0 Å². The van der Waals surface area contributed by atoms with Crippen LogP contribution < -0.4 is 14.8 Å². The van der Waals surface area contributed by atoms with Crippen LogP contribution >= 0.6 is 0 Å². The Morgan fingerprint density at radius 1 is 0.917 bits per heavy atom. The van der Waals surface area contributed by atoms with Gasteiger partial charge in [-0.15, -0.1) is 0 Å². The molecule has 0 aliphatic rings. The number of para-hydroxylation sites is 1. The summed E-state index contributed by atoms with van der Waals surface area (Å²) in [5, 5.41) is 2.85. The van der Waals surface area contributed by atoms with E-state index in [0.717, 1.165) is 17.9 Å². The van der Waals surface area contributed by atoms with Crippen molar-refractivity contribution in [2.75, 3.05) is 19.8 Å². The Balaban J connectivity index is 1.51. The third kappa shape index (κ3) is 6.73. The maximum absolute atomic E-state index is 11.7. The Hall–Kier alpha value is -2.49. The number of amides is 1. The largest absolute Gasteiger partial charge is 0.494 e. The molecule has 4 nitrogen and oxygen atoms in total. The van der Waals surface area contributed by atoms with Gasteiger partial charge >= 0.3 is 0 Å². The highest BCUT2D eigenvalue weighted by atomic mass is 16.5. The van der Waals surface area contributed by atoms with Crippen LogP contribution in [0.5, 0.6) is 11.5 Å². The van der Waals surface area contributed by atoms with E-state index in [1.165, 1.54) is 5.56 Å². The first-order valence-corrected chi connectivity index (χ1v) is 8.44. The van der Waals surface area contributed by atoms with Crippen LogP contribution in [0.1, 0.15) is 25.3 Å². The van der Waals surface area contributed by atoms with Gasteiger partial charge in [0.1, 0.15) is 18.1 Å². The number of ether oxygens (including phenoxy) is 2. The maximum atomic E-state index is 11.7. The van der Waals surface area contributed by atoms with Gasteiger partial charge in [-0.05, 0) is 42.7 Å². The van der Waals surface area contributed by atoms with Crippen molar-refractivity contribution in [3.05, 3.63) is 60.2 Å². The first-order chi connectivity index (χ1) is 11.8. The van der Waals surface area contributed by atoms with Gasteiger partial charge in [0.25, 0.3) is 0 Å². The molecule has 4 heteroatoms. The standard InChI is InChI=1S/C20H25NO3/c1-2-17-10-12-19(13-11-17)24-16-14-21-20(22)9-6-15-23-18-7-4-3-5-8-18/h3-5,7-8,10-13H,2,6,9,14-16H2,1H3,(H,21,22). The molecule has 0 unspecified atom stereocenters. The zero-order valence-electron chi connectivity index (χ0n) is 14.2. The van der Waals surface area contributed by atoms with Crippen LogP contribution in [0.3, 0.4) is 0 Å². The van der Waals surface area contributed by atoms with E-state index in [9.17, 15) is 4.79 Å². The van der Waals surface area contributed by atoms with Gasteiger partial charge in [-0.1, -0.05) is 37.3 Å². The highest BCUT2D eigenvalue weighted by Gasteiger charge is 2.01. The van der Waals surface area contributed by atoms with E-state index in [2.05, 4.69) is 24.4 Å². The molecule has 128 valence electrons. The molecule has 0 spiro atoms. The lowest BCUT2D eigenvalue weighted by Crippen LogP contribution is -2.28. The zero-order valence-corrected chi connectivity index (χ0v) is 14.2. The van der Waals surface area contributed by atoms with Crippen LogP contribution in [0.15, 0.2) is 54.6 Å². The van der Waals surface area contributed by atoms with E-state index >= 15 is 0 Å². The second-order valence-electron chi connectivity index (χ2n) is 5.46. The van der Waals surface area contributed by atoms with Crippen molar-refractivity contribution < 1.29 is 14.3 Å². The molecule has 0 heterocycles. The van der Waals surface area contributed by atoms with Gasteiger partial charge in [-0.3, -0.25) is 4.79 Å². The summed E-state index contributed by atoms with van der Waals surface area (Å²) in [6.45, 7) is 3.64. The van der Waals surface area contributed by atoms with E-state index in [0.29, 0.717) is 32.6 Å². The van der Waals surface area contributed by atoms with Crippen LogP contribution in [-0.2, 0) is 11.2 Å². The molecule has 0 fully saturated rings. The topological polar surface area (TPSA) is 47.6 Å². The van der Waals surface area contributed by atoms with Gasteiger partial charge in [0.2, 0.25) is 5.91 Å². The summed E-state index contributed by atoms with van der Waals surface area (Å²) in [5.41, 5.74) is 1.29. The van der Waals surface area contributed by atoms with Crippen molar-refractivity contribution in [1.29, 1.82) is 0 Å². The molecule has 0 aliphatic carbocycles. The fourth-order valence-corrected chi connectivity index (χ4v) is 2.21. The van der Waals surface area contributed by atoms with Crippen molar-refractivity contribution in [2.45, 2.75) is 26.2 Å². The molecule has 0 saturated heterocycles. The molecule has 0 radical (unpaired) electrons. The molecule has 2 aromatic rings. The van der Waals surface area contributed by atoms with Crippen molar-refractivity contribution in [1.82, 2.24) is 5.32 Å². The second-order valence-corrected chi connectivity index (χ2v) is 5.46. The molecule has 0 saturated carbocycles. The number of hydrogen-bond donors (Lipinski definition) is 1. The summed E-state index contributed by atoms with van der Waals surface area (Å²) in [5.74, 6) is 1.69. The summed E-state index contributed by atoms with van der Waals surface area (Å²) in [6, 6.07) is 17.6. The third-order valence-corrected chi connectivity index (χ3v) is 3.58. The van der Waals surface area contributed by atoms with Crippen LogP contribution in [0, 0.1) is 0 Å². The fourth-order valence-electron chi connectivity index (χ4n) is 2.21. The van der Waals surface area contributed by atoms with E-state index in [-0.39, 0.29) is 5.91 Å². The number of benzene rings is 2. The predicted octanol–water partition coefficient (Wildman–Crippen LogP) is 3.60. The summed E-state index contributed by atoms with van der Waals surface area (Å²) >= 11 is 0. The maximum Gasteiger partial charge on any atom is 0.220 e. The second kappa shape index (κ2) is 10.3. The molecule has 1 N–H and O–H groups in total. The van der Waals surface area contributed by atoms with Crippen molar-refractivity contribution in [3.8, 4) is 11.5 Å². The van der Waals surface area contributed by atoms with Gasteiger partial charge < -0.3 is 14.8 Å². The highest BCUT2D eigenvalue weighted by Crippen LogP contribution is 2.12. The minimum absolute atomic E-state index is 0.0246. The number of nitrogens with one attached hydrogen (secondary N) is 1. The fraction of sp³-hybridized carbons (Fsp3) is 0.350. The van der Waals surface area contributed by atoms with Crippen LogP contribution in [0.25, 0.3) is 0 Å².